The first-order valence-corrected chi connectivity index (χ1v) is 6.42. The van der Waals surface area contributed by atoms with Gasteiger partial charge in [0.05, 0.1) is 0 Å². The van der Waals surface area contributed by atoms with Crippen LogP contribution < -0.4 is 5.32 Å². The largest absolute Gasteiger partial charge is 0.465 e. The number of piperidine rings is 1. The number of hydrogen-bond acceptors (Lipinski definition) is 3. The van der Waals surface area contributed by atoms with Gasteiger partial charge >= 0.3 is 6.09 Å². The minimum atomic E-state index is -0.795. The monoisotopic (exact) mass is 240 g/mol. The highest BCUT2D eigenvalue weighted by Crippen LogP contribution is 2.12. The molecule has 0 bridgehead atoms. The molecule has 2 heterocycles. The second-order valence-corrected chi connectivity index (χ2v) is 4.84. The Morgan fingerprint density at radius 1 is 1.56 bits per heavy atom. The maximum atomic E-state index is 10.7. The van der Waals surface area contributed by atoms with Crippen LogP contribution in [0.3, 0.4) is 0 Å². The third-order valence-corrected chi connectivity index (χ3v) is 3.67. The summed E-state index contributed by atoms with van der Waals surface area (Å²) in [7, 11) is 0. The van der Waals surface area contributed by atoms with E-state index < -0.39 is 6.09 Å². The lowest BCUT2D eigenvalue weighted by molar-refractivity contribution is 0.129. The number of carbonyl (C=O) groups is 1. The van der Waals surface area contributed by atoms with Crippen LogP contribution in [0.2, 0.25) is 0 Å². The third kappa shape index (κ3) is 2.96. The zero-order valence-electron chi connectivity index (χ0n) is 9.06. The number of hydrogen-bond donors (Lipinski definition) is 2. The summed E-state index contributed by atoms with van der Waals surface area (Å²) in [6.45, 7) is 2.19. The Morgan fingerprint density at radius 2 is 2.31 bits per heavy atom. The van der Waals surface area contributed by atoms with Crippen LogP contribution in [-0.4, -0.2) is 35.2 Å². The highest BCUT2D eigenvalue weighted by molar-refractivity contribution is 7.07. The van der Waals surface area contributed by atoms with Crippen molar-refractivity contribution < 1.29 is 9.90 Å². The van der Waals surface area contributed by atoms with Gasteiger partial charge in [-0.25, -0.2) is 4.79 Å². The molecule has 1 saturated heterocycles. The number of nitrogens with one attached hydrogen (secondary N) is 1. The van der Waals surface area contributed by atoms with E-state index in [1.165, 1.54) is 10.5 Å². The minimum Gasteiger partial charge on any atom is -0.465 e. The fourth-order valence-corrected chi connectivity index (χ4v) is 2.60. The fraction of sp³-hybridized carbons (Fsp3) is 0.545. The Kier molecular flexibility index (Phi) is 3.79. The van der Waals surface area contributed by atoms with E-state index in [0.29, 0.717) is 19.1 Å². The Labute approximate surface area is 98.9 Å². The van der Waals surface area contributed by atoms with Crippen molar-refractivity contribution in [3.05, 3.63) is 22.4 Å². The second kappa shape index (κ2) is 5.32. The molecule has 1 amide bonds. The van der Waals surface area contributed by atoms with Crippen LogP contribution in [0, 0.1) is 0 Å². The summed E-state index contributed by atoms with van der Waals surface area (Å²) in [5, 5.41) is 16.5. The van der Waals surface area contributed by atoms with Crippen LogP contribution in [0.15, 0.2) is 16.8 Å². The van der Waals surface area contributed by atoms with Crippen LogP contribution in [0.4, 0.5) is 4.79 Å². The minimum absolute atomic E-state index is 0.454. The van der Waals surface area contributed by atoms with E-state index in [1.54, 1.807) is 11.3 Å². The number of nitrogens with zero attached hydrogens (tertiary/aromatic N) is 1. The molecule has 5 heteroatoms. The van der Waals surface area contributed by atoms with Crippen LogP contribution in [-0.2, 0) is 6.54 Å². The van der Waals surface area contributed by atoms with Crippen LogP contribution in [0.5, 0.6) is 0 Å². The molecule has 0 unspecified atom stereocenters. The van der Waals surface area contributed by atoms with Gasteiger partial charge < -0.3 is 15.3 Å². The van der Waals surface area contributed by atoms with Gasteiger partial charge in [-0.15, -0.1) is 0 Å². The molecule has 2 rings (SSSR count). The number of likely N-dealkylation sites (tertiary alicyclic amines) is 1. The maximum Gasteiger partial charge on any atom is 0.407 e. The van der Waals surface area contributed by atoms with Crippen molar-refractivity contribution in [2.45, 2.75) is 25.4 Å². The molecule has 2 N–H and O–H groups in total. The lowest BCUT2D eigenvalue weighted by Crippen LogP contribution is -2.44. The number of amides is 1. The first kappa shape index (κ1) is 11.4. The highest BCUT2D eigenvalue weighted by Gasteiger charge is 2.21. The summed E-state index contributed by atoms with van der Waals surface area (Å²) < 4.78 is 0. The lowest BCUT2D eigenvalue weighted by atomic mass is 10.1. The number of carboxylic acid groups (broad SMARTS) is 1. The third-order valence-electron chi connectivity index (χ3n) is 2.94. The highest BCUT2D eigenvalue weighted by atomic mass is 32.1. The molecule has 16 heavy (non-hydrogen) atoms. The molecule has 0 radical (unpaired) electrons. The van der Waals surface area contributed by atoms with Gasteiger partial charge in [0.15, 0.2) is 0 Å². The molecule has 1 aliphatic heterocycles. The molecule has 1 fully saturated rings. The summed E-state index contributed by atoms with van der Waals surface area (Å²) in [5.41, 5.74) is 1.31. The molecule has 0 atom stereocenters. The van der Waals surface area contributed by atoms with Crippen LogP contribution in [0.1, 0.15) is 18.4 Å². The Balaban J connectivity index is 1.71. The molecule has 88 valence electrons. The molecule has 0 spiro atoms. The molecular formula is C11H16N2O2S. The van der Waals surface area contributed by atoms with Crippen LogP contribution >= 0.6 is 11.3 Å². The van der Waals surface area contributed by atoms with Crippen molar-refractivity contribution in [2.24, 2.45) is 0 Å². The van der Waals surface area contributed by atoms with E-state index in [2.05, 4.69) is 22.1 Å². The smallest absolute Gasteiger partial charge is 0.407 e. The number of rotatable bonds is 3. The average molecular weight is 240 g/mol. The van der Waals surface area contributed by atoms with E-state index in [4.69, 9.17) is 5.11 Å². The van der Waals surface area contributed by atoms with Crippen molar-refractivity contribution >= 4 is 17.4 Å². The topological polar surface area (TPSA) is 52.6 Å². The van der Waals surface area contributed by atoms with Crippen molar-refractivity contribution in [1.82, 2.24) is 10.2 Å². The molecule has 0 saturated carbocycles. The van der Waals surface area contributed by atoms with Gasteiger partial charge in [-0.05, 0) is 35.2 Å². The van der Waals surface area contributed by atoms with Crippen LogP contribution in [0.25, 0.3) is 0 Å². The van der Waals surface area contributed by atoms with E-state index in [-0.39, 0.29) is 0 Å². The molecule has 4 nitrogen and oxygen atoms in total. The van der Waals surface area contributed by atoms with Crippen molar-refractivity contribution in [1.29, 1.82) is 0 Å². The van der Waals surface area contributed by atoms with E-state index in [0.717, 1.165) is 19.4 Å². The van der Waals surface area contributed by atoms with Crippen molar-refractivity contribution in [3.8, 4) is 0 Å². The van der Waals surface area contributed by atoms with Gasteiger partial charge in [0.25, 0.3) is 0 Å². The normalized spacial score (nSPS) is 17.6. The summed E-state index contributed by atoms with van der Waals surface area (Å²) in [6.07, 6.45) is 1.03. The predicted molar refractivity (Wildman–Crippen MR) is 63.8 cm³/mol. The second-order valence-electron chi connectivity index (χ2n) is 4.06. The van der Waals surface area contributed by atoms with Gasteiger partial charge in [0.2, 0.25) is 0 Å². The van der Waals surface area contributed by atoms with Crippen molar-refractivity contribution in [3.63, 3.8) is 0 Å². The van der Waals surface area contributed by atoms with Crippen molar-refractivity contribution in [2.75, 3.05) is 13.1 Å². The summed E-state index contributed by atoms with van der Waals surface area (Å²) in [6, 6.07) is 2.57. The van der Waals surface area contributed by atoms with Gasteiger partial charge in [0.1, 0.15) is 0 Å². The quantitative estimate of drug-likeness (QED) is 0.849. The molecule has 1 aliphatic rings. The SMILES string of the molecule is O=C(O)N1CCC(NCc2ccsc2)CC1. The molecule has 1 aromatic rings. The number of thiophene rings is 1. The zero-order valence-corrected chi connectivity index (χ0v) is 9.87. The lowest BCUT2D eigenvalue weighted by Gasteiger charge is -2.30. The summed E-state index contributed by atoms with van der Waals surface area (Å²) >= 11 is 1.70. The van der Waals surface area contributed by atoms with Gasteiger partial charge in [0, 0.05) is 25.7 Å². The predicted octanol–water partition coefficient (Wildman–Crippen LogP) is 1.98. The Hall–Kier alpha value is -1.07. The maximum absolute atomic E-state index is 10.7. The standard InChI is InChI=1S/C11H16N2O2S/c14-11(15)13-4-1-10(2-5-13)12-7-9-3-6-16-8-9/h3,6,8,10,12H,1-2,4-5,7H2,(H,14,15). The van der Waals surface area contributed by atoms with Gasteiger partial charge in [-0.1, -0.05) is 0 Å². The fourth-order valence-electron chi connectivity index (χ4n) is 1.93. The van der Waals surface area contributed by atoms with E-state index >= 15 is 0 Å². The van der Waals surface area contributed by atoms with E-state index in [1.807, 2.05) is 0 Å². The summed E-state index contributed by atoms with van der Waals surface area (Å²) in [5.74, 6) is 0. The first-order chi connectivity index (χ1) is 7.75. The average Bonchev–Trinajstić information content (AvgIpc) is 2.80. The molecule has 1 aromatic heterocycles. The summed E-state index contributed by atoms with van der Waals surface area (Å²) in [4.78, 5) is 12.2. The van der Waals surface area contributed by atoms with Gasteiger partial charge in [-0.3, -0.25) is 0 Å². The van der Waals surface area contributed by atoms with Gasteiger partial charge in [-0.2, -0.15) is 11.3 Å². The molecule has 0 aliphatic carbocycles. The van der Waals surface area contributed by atoms with E-state index in [9.17, 15) is 4.79 Å². The molecule has 0 aromatic carbocycles. The zero-order chi connectivity index (χ0) is 11.4. The molecular weight excluding hydrogens is 224 g/mol. The Bertz CT molecular complexity index is 332. The Morgan fingerprint density at radius 3 is 2.88 bits per heavy atom. The first-order valence-electron chi connectivity index (χ1n) is 5.48.